The van der Waals surface area contributed by atoms with Crippen LogP contribution in [0.5, 0.6) is 11.5 Å². The van der Waals surface area contributed by atoms with Gasteiger partial charge in [-0.05, 0) is 0 Å². The first-order valence-electron chi connectivity index (χ1n) is 7.31. The molecule has 0 spiro atoms. The Labute approximate surface area is 153 Å². The number of anilines is 1. The largest absolute Gasteiger partial charge is 0.486 e. The fourth-order valence-electron chi connectivity index (χ4n) is 2.64. The highest BCUT2D eigenvalue weighted by Gasteiger charge is 2.21. The maximum absolute atomic E-state index is 12.6. The Hall–Kier alpha value is -2.36. The fourth-order valence-corrected chi connectivity index (χ4v) is 4.53. The van der Waals surface area contributed by atoms with Gasteiger partial charge in [0.2, 0.25) is 0 Å². The third-order valence-corrected chi connectivity index (χ3v) is 5.66. The van der Waals surface area contributed by atoms with Crippen molar-refractivity contribution < 1.29 is 14.3 Å². The van der Waals surface area contributed by atoms with E-state index in [9.17, 15) is 4.79 Å². The number of nitrogens with zero attached hydrogens (tertiary/aromatic N) is 3. The van der Waals surface area contributed by atoms with Crippen LogP contribution in [0.25, 0.3) is 15.2 Å². The van der Waals surface area contributed by atoms with Crippen molar-refractivity contribution in [1.82, 2.24) is 14.4 Å². The molecule has 1 N–H and O–H groups in total. The zero-order valence-electron chi connectivity index (χ0n) is 12.5. The first-order valence-corrected chi connectivity index (χ1v) is 9.39. The van der Waals surface area contributed by atoms with E-state index in [1.807, 2.05) is 17.5 Å². The molecular formula is C15H9ClN4O3S2. The van der Waals surface area contributed by atoms with Gasteiger partial charge < -0.3 is 9.47 Å². The molecule has 0 bridgehead atoms. The Balaban J connectivity index is 1.50. The quantitative estimate of drug-likeness (QED) is 0.563. The van der Waals surface area contributed by atoms with E-state index in [0.717, 1.165) is 10.2 Å². The van der Waals surface area contributed by atoms with Crippen LogP contribution in [-0.2, 0) is 0 Å². The SMILES string of the molecule is O=C(Nc1nc2cc3c(cc2s1)OCCO3)c1c(Cl)nc2sccn12. The predicted molar refractivity (Wildman–Crippen MR) is 96.6 cm³/mol. The minimum Gasteiger partial charge on any atom is -0.486 e. The normalized spacial score (nSPS) is 13.5. The highest BCUT2D eigenvalue weighted by atomic mass is 35.5. The summed E-state index contributed by atoms with van der Waals surface area (Å²) in [5.74, 6) is 1.01. The summed E-state index contributed by atoms with van der Waals surface area (Å²) in [5.41, 5.74) is 1.03. The molecule has 5 rings (SSSR count). The molecule has 1 aliphatic heterocycles. The molecule has 1 aromatic carbocycles. The van der Waals surface area contributed by atoms with Crippen molar-refractivity contribution in [3.05, 3.63) is 34.6 Å². The zero-order valence-corrected chi connectivity index (χ0v) is 14.9. The summed E-state index contributed by atoms with van der Waals surface area (Å²) in [5, 5.41) is 5.28. The molecule has 0 saturated heterocycles. The first kappa shape index (κ1) is 14.9. The van der Waals surface area contributed by atoms with Crippen LogP contribution in [0, 0.1) is 0 Å². The highest BCUT2D eigenvalue weighted by Crippen LogP contribution is 2.38. The number of benzene rings is 1. The van der Waals surface area contributed by atoms with Crippen molar-refractivity contribution in [1.29, 1.82) is 0 Å². The number of hydrogen-bond donors (Lipinski definition) is 1. The van der Waals surface area contributed by atoms with Crippen molar-refractivity contribution in [2.24, 2.45) is 0 Å². The standard InChI is InChI=1S/C15H9ClN4O3S2/c16-12-11(20-1-4-24-15(20)18-12)13(21)19-14-17-7-5-8-9(6-10(7)25-14)23-3-2-22-8/h1,4-6H,2-3H2,(H,17,19,21). The smallest absolute Gasteiger partial charge is 0.277 e. The van der Waals surface area contributed by atoms with E-state index in [0.29, 0.717) is 40.5 Å². The number of carbonyl (C=O) groups is 1. The van der Waals surface area contributed by atoms with Crippen LogP contribution in [-0.4, -0.2) is 33.5 Å². The second-order valence-corrected chi connectivity index (χ2v) is 7.51. The van der Waals surface area contributed by atoms with Crippen LogP contribution in [0.4, 0.5) is 5.13 Å². The number of nitrogens with one attached hydrogen (secondary N) is 1. The summed E-state index contributed by atoms with van der Waals surface area (Å²) in [6.45, 7) is 1.04. The summed E-state index contributed by atoms with van der Waals surface area (Å²) in [7, 11) is 0. The Morgan fingerprint density at radius 2 is 2.04 bits per heavy atom. The number of thiazole rings is 2. The van der Waals surface area contributed by atoms with Crippen molar-refractivity contribution in [3.63, 3.8) is 0 Å². The second-order valence-electron chi connectivity index (χ2n) is 5.24. The molecule has 3 aromatic heterocycles. The van der Waals surface area contributed by atoms with Gasteiger partial charge in [0.25, 0.3) is 5.91 Å². The predicted octanol–water partition coefficient (Wildman–Crippen LogP) is 3.68. The van der Waals surface area contributed by atoms with E-state index >= 15 is 0 Å². The summed E-state index contributed by atoms with van der Waals surface area (Å²) in [6.07, 6.45) is 1.76. The maximum atomic E-state index is 12.6. The molecular weight excluding hydrogens is 384 g/mol. The summed E-state index contributed by atoms with van der Waals surface area (Å²) >= 11 is 8.87. The molecule has 0 fully saturated rings. The van der Waals surface area contributed by atoms with Gasteiger partial charge in [-0.3, -0.25) is 14.5 Å². The number of aromatic nitrogens is 3. The minimum atomic E-state index is -0.354. The van der Waals surface area contributed by atoms with Gasteiger partial charge in [0.05, 0.1) is 10.2 Å². The van der Waals surface area contributed by atoms with E-state index in [1.165, 1.54) is 22.7 Å². The number of rotatable bonds is 2. The van der Waals surface area contributed by atoms with E-state index in [4.69, 9.17) is 21.1 Å². The molecule has 4 aromatic rings. The monoisotopic (exact) mass is 392 g/mol. The van der Waals surface area contributed by atoms with Gasteiger partial charge in [0.15, 0.2) is 32.4 Å². The number of hydrogen-bond acceptors (Lipinski definition) is 7. The lowest BCUT2D eigenvalue weighted by atomic mass is 10.3. The van der Waals surface area contributed by atoms with Gasteiger partial charge in [-0.15, -0.1) is 11.3 Å². The van der Waals surface area contributed by atoms with Gasteiger partial charge in [-0.25, -0.2) is 9.97 Å². The average Bonchev–Trinajstić information content (AvgIpc) is 3.25. The molecule has 25 heavy (non-hydrogen) atoms. The van der Waals surface area contributed by atoms with Crippen molar-refractivity contribution >= 4 is 60.5 Å². The summed E-state index contributed by atoms with van der Waals surface area (Å²) in [4.78, 5) is 21.9. The summed E-state index contributed by atoms with van der Waals surface area (Å²) in [6, 6.07) is 3.69. The van der Waals surface area contributed by atoms with E-state index in [-0.39, 0.29) is 11.1 Å². The van der Waals surface area contributed by atoms with Crippen molar-refractivity contribution in [2.45, 2.75) is 0 Å². The number of amides is 1. The molecule has 1 aliphatic rings. The molecule has 0 aliphatic carbocycles. The number of carbonyl (C=O) groups excluding carboxylic acids is 1. The number of ether oxygens (including phenoxy) is 2. The van der Waals surface area contributed by atoms with Crippen molar-refractivity contribution in [2.75, 3.05) is 18.5 Å². The van der Waals surface area contributed by atoms with Gasteiger partial charge in [-0.1, -0.05) is 22.9 Å². The minimum absolute atomic E-state index is 0.169. The lowest BCUT2D eigenvalue weighted by Gasteiger charge is -2.17. The van der Waals surface area contributed by atoms with E-state index in [1.54, 1.807) is 10.6 Å². The summed E-state index contributed by atoms with van der Waals surface area (Å²) < 4.78 is 13.7. The third kappa shape index (κ3) is 2.43. The van der Waals surface area contributed by atoms with Crippen LogP contribution < -0.4 is 14.8 Å². The van der Waals surface area contributed by atoms with Crippen LogP contribution >= 0.6 is 34.3 Å². The molecule has 0 unspecified atom stereocenters. The number of imidazole rings is 1. The van der Waals surface area contributed by atoms with Gasteiger partial charge in [0.1, 0.15) is 13.2 Å². The zero-order chi connectivity index (χ0) is 17.0. The topological polar surface area (TPSA) is 77.8 Å². The Bertz CT molecular complexity index is 1090. The molecule has 7 nitrogen and oxygen atoms in total. The van der Waals surface area contributed by atoms with Crippen LogP contribution in [0.2, 0.25) is 5.15 Å². The Morgan fingerprint density at radius 3 is 2.88 bits per heavy atom. The molecule has 0 atom stereocenters. The molecule has 10 heteroatoms. The Morgan fingerprint density at radius 1 is 1.24 bits per heavy atom. The van der Waals surface area contributed by atoms with Crippen LogP contribution in [0.15, 0.2) is 23.7 Å². The maximum Gasteiger partial charge on any atom is 0.277 e. The lowest BCUT2D eigenvalue weighted by Crippen LogP contribution is -2.15. The van der Waals surface area contributed by atoms with E-state index < -0.39 is 0 Å². The van der Waals surface area contributed by atoms with Gasteiger partial charge in [0, 0.05) is 23.7 Å². The van der Waals surface area contributed by atoms with Crippen LogP contribution in [0.1, 0.15) is 10.5 Å². The molecule has 0 radical (unpaired) electrons. The van der Waals surface area contributed by atoms with Gasteiger partial charge in [-0.2, -0.15) is 0 Å². The fraction of sp³-hybridized carbons (Fsp3) is 0.133. The van der Waals surface area contributed by atoms with Gasteiger partial charge >= 0.3 is 0 Å². The number of halogens is 1. The number of fused-ring (bicyclic) bond motifs is 3. The average molecular weight is 393 g/mol. The second kappa shape index (κ2) is 5.58. The highest BCUT2D eigenvalue weighted by molar-refractivity contribution is 7.22. The first-order chi connectivity index (χ1) is 12.2. The molecule has 0 saturated carbocycles. The van der Waals surface area contributed by atoms with Crippen molar-refractivity contribution in [3.8, 4) is 11.5 Å². The molecule has 4 heterocycles. The molecule has 126 valence electrons. The van der Waals surface area contributed by atoms with Crippen LogP contribution in [0.3, 0.4) is 0 Å². The lowest BCUT2D eigenvalue weighted by molar-refractivity contribution is 0.102. The molecule has 1 amide bonds. The van der Waals surface area contributed by atoms with E-state index in [2.05, 4.69) is 15.3 Å². The Kier molecular flexibility index (Phi) is 3.34. The third-order valence-electron chi connectivity index (χ3n) is 3.71.